The molecule has 1 heterocycles. The van der Waals surface area contributed by atoms with E-state index in [1.807, 2.05) is 29.2 Å². The molecule has 1 aromatic rings. The van der Waals surface area contributed by atoms with Crippen molar-refractivity contribution in [3.05, 3.63) is 48.0 Å². The van der Waals surface area contributed by atoms with Gasteiger partial charge in [0.05, 0.1) is 12.2 Å². The van der Waals surface area contributed by atoms with E-state index in [1.54, 1.807) is 0 Å². The number of rotatable bonds is 6. The first-order valence-corrected chi connectivity index (χ1v) is 9.59. The Bertz CT molecular complexity index is 627. The van der Waals surface area contributed by atoms with Gasteiger partial charge in [-0.15, -0.1) is 0 Å². The number of hydrogen-bond acceptors (Lipinski definition) is 3. The average Bonchev–Trinajstić information content (AvgIpc) is 3.19. The number of carbonyl (C=O) groups is 2. The maximum Gasteiger partial charge on any atom is 0.253 e. The first kappa shape index (κ1) is 18.6. The normalized spacial score (nSPS) is 18.7. The van der Waals surface area contributed by atoms with Crippen LogP contribution in [0.4, 0.5) is 0 Å². The van der Waals surface area contributed by atoms with Gasteiger partial charge in [0.1, 0.15) is 0 Å². The number of nitrogens with one attached hydrogen (secondary N) is 1. The molecule has 1 N–H and O–H groups in total. The van der Waals surface area contributed by atoms with Crippen molar-refractivity contribution >= 4 is 11.8 Å². The minimum atomic E-state index is -0.201. The van der Waals surface area contributed by atoms with Crippen LogP contribution in [-0.2, 0) is 16.1 Å². The van der Waals surface area contributed by atoms with Crippen molar-refractivity contribution in [2.24, 2.45) is 0 Å². The van der Waals surface area contributed by atoms with Crippen molar-refractivity contribution in [1.29, 1.82) is 0 Å². The fourth-order valence-electron chi connectivity index (χ4n) is 3.70. The summed E-state index contributed by atoms with van der Waals surface area (Å²) in [4.78, 5) is 25.8. The molecule has 0 spiro atoms. The van der Waals surface area contributed by atoms with E-state index < -0.39 is 0 Å². The van der Waals surface area contributed by atoms with Crippen molar-refractivity contribution in [3.63, 3.8) is 0 Å². The number of nitrogens with zero attached hydrogens (tertiary/aromatic N) is 1. The number of piperidine rings is 1. The van der Waals surface area contributed by atoms with E-state index in [-0.39, 0.29) is 11.8 Å². The molecule has 5 heteroatoms. The van der Waals surface area contributed by atoms with Gasteiger partial charge in [-0.2, -0.15) is 0 Å². The Balaban J connectivity index is 1.47. The van der Waals surface area contributed by atoms with Gasteiger partial charge >= 0.3 is 0 Å². The van der Waals surface area contributed by atoms with E-state index in [1.165, 1.54) is 31.8 Å². The topological polar surface area (TPSA) is 58.6 Å². The molecular formula is C21H28N2O3. The molecule has 2 amide bonds. The van der Waals surface area contributed by atoms with Crippen LogP contribution in [0.1, 0.15) is 54.4 Å². The summed E-state index contributed by atoms with van der Waals surface area (Å²) in [5, 5.41) is 2.73. The monoisotopic (exact) mass is 356 g/mol. The highest BCUT2D eigenvalue weighted by Crippen LogP contribution is 2.25. The van der Waals surface area contributed by atoms with Crippen LogP contribution in [0.3, 0.4) is 0 Å². The second-order valence-corrected chi connectivity index (χ2v) is 7.15. The summed E-state index contributed by atoms with van der Waals surface area (Å²) in [6, 6.07) is 7.43. The van der Waals surface area contributed by atoms with Gasteiger partial charge in [-0.3, -0.25) is 9.59 Å². The maximum atomic E-state index is 12.7. The molecule has 2 aliphatic rings. The first-order valence-electron chi connectivity index (χ1n) is 9.59. The van der Waals surface area contributed by atoms with Gasteiger partial charge in [0.25, 0.3) is 5.91 Å². The second kappa shape index (κ2) is 8.99. The van der Waals surface area contributed by atoms with Crippen LogP contribution in [0.25, 0.3) is 0 Å². The summed E-state index contributed by atoms with van der Waals surface area (Å²) in [7, 11) is 0. The summed E-state index contributed by atoms with van der Waals surface area (Å²) in [5.74, 6) is -0.126. The number of carbonyl (C=O) groups excluding carboxylic acids is 2. The molecule has 5 nitrogen and oxygen atoms in total. The zero-order chi connectivity index (χ0) is 18.4. The van der Waals surface area contributed by atoms with Crippen LogP contribution in [0, 0.1) is 0 Å². The third-order valence-electron chi connectivity index (χ3n) is 5.27. The summed E-state index contributed by atoms with van der Waals surface area (Å²) in [5.41, 5.74) is 1.65. The molecule has 0 radical (unpaired) electrons. The van der Waals surface area contributed by atoms with E-state index in [9.17, 15) is 9.59 Å². The van der Waals surface area contributed by atoms with Gasteiger partial charge in [0.2, 0.25) is 5.91 Å². The quantitative estimate of drug-likeness (QED) is 0.797. The predicted octanol–water partition coefficient (Wildman–Crippen LogP) is 3.05. The van der Waals surface area contributed by atoms with Crippen LogP contribution < -0.4 is 5.32 Å². The van der Waals surface area contributed by atoms with Gasteiger partial charge in [-0.1, -0.05) is 31.6 Å². The van der Waals surface area contributed by atoms with E-state index in [0.717, 1.165) is 31.5 Å². The van der Waals surface area contributed by atoms with Crippen LogP contribution in [0.15, 0.2) is 36.9 Å². The van der Waals surface area contributed by atoms with E-state index in [2.05, 4.69) is 11.9 Å². The fraction of sp³-hybridized carbons (Fsp3) is 0.524. The summed E-state index contributed by atoms with van der Waals surface area (Å²) in [6.45, 7) is 5.37. The van der Waals surface area contributed by atoms with Gasteiger partial charge in [-0.25, -0.2) is 0 Å². The largest absolute Gasteiger partial charge is 0.375 e. The zero-order valence-corrected chi connectivity index (χ0v) is 15.3. The fourth-order valence-corrected chi connectivity index (χ4v) is 3.70. The van der Waals surface area contributed by atoms with E-state index in [0.29, 0.717) is 24.3 Å². The van der Waals surface area contributed by atoms with E-state index in [4.69, 9.17) is 4.74 Å². The number of amides is 2. The van der Waals surface area contributed by atoms with Crippen molar-refractivity contribution in [1.82, 2.24) is 10.2 Å². The number of hydrogen-bond donors (Lipinski definition) is 1. The molecule has 2 fully saturated rings. The molecule has 1 aliphatic carbocycles. The van der Waals surface area contributed by atoms with Crippen LogP contribution in [0.2, 0.25) is 0 Å². The van der Waals surface area contributed by atoms with Crippen LogP contribution in [-0.4, -0.2) is 42.0 Å². The molecule has 0 bridgehead atoms. The Hall–Kier alpha value is -2.14. The Labute approximate surface area is 155 Å². The van der Waals surface area contributed by atoms with Gasteiger partial charge < -0.3 is 15.0 Å². The van der Waals surface area contributed by atoms with Gasteiger partial charge in [0, 0.05) is 25.2 Å². The highest BCUT2D eigenvalue weighted by atomic mass is 16.5. The van der Waals surface area contributed by atoms with Crippen molar-refractivity contribution in [2.75, 3.05) is 13.1 Å². The summed E-state index contributed by atoms with van der Waals surface area (Å²) >= 11 is 0. The molecule has 1 aromatic carbocycles. The van der Waals surface area contributed by atoms with Gasteiger partial charge in [0.15, 0.2) is 0 Å². The van der Waals surface area contributed by atoms with Crippen molar-refractivity contribution in [3.8, 4) is 0 Å². The van der Waals surface area contributed by atoms with Crippen molar-refractivity contribution < 1.29 is 14.3 Å². The Morgan fingerprint density at radius 1 is 1.08 bits per heavy atom. The maximum absolute atomic E-state index is 12.7. The number of benzene rings is 1. The Morgan fingerprint density at radius 2 is 1.69 bits per heavy atom. The number of ether oxygens (including phenoxy) is 1. The first-order chi connectivity index (χ1) is 12.7. The van der Waals surface area contributed by atoms with E-state index >= 15 is 0 Å². The lowest BCUT2D eigenvalue weighted by Gasteiger charge is -2.33. The van der Waals surface area contributed by atoms with Crippen molar-refractivity contribution in [2.45, 2.75) is 57.3 Å². The summed E-state index contributed by atoms with van der Waals surface area (Å²) < 4.78 is 6.18. The SMILES string of the molecule is C=CC(=O)NCc1ccc(C(=O)N2CCC(OC3CCCC3)CC2)cc1. The highest BCUT2D eigenvalue weighted by molar-refractivity contribution is 5.94. The van der Waals surface area contributed by atoms with Crippen LogP contribution in [0.5, 0.6) is 0 Å². The predicted molar refractivity (Wildman–Crippen MR) is 101 cm³/mol. The molecule has 3 rings (SSSR count). The lowest BCUT2D eigenvalue weighted by Crippen LogP contribution is -2.41. The molecule has 140 valence electrons. The highest BCUT2D eigenvalue weighted by Gasteiger charge is 2.27. The minimum Gasteiger partial charge on any atom is -0.375 e. The number of likely N-dealkylation sites (tertiary alicyclic amines) is 1. The third-order valence-corrected chi connectivity index (χ3v) is 5.27. The average molecular weight is 356 g/mol. The minimum absolute atomic E-state index is 0.0750. The zero-order valence-electron chi connectivity index (χ0n) is 15.3. The molecular weight excluding hydrogens is 328 g/mol. The standard InChI is InChI=1S/C21H28N2O3/c1-2-20(24)22-15-16-7-9-17(10-8-16)21(25)23-13-11-19(12-14-23)26-18-5-3-4-6-18/h2,7-10,18-19H,1,3-6,11-15H2,(H,22,24). The molecule has 1 saturated carbocycles. The van der Waals surface area contributed by atoms with Gasteiger partial charge in [-0.05, 0) is 49.5 Å². The molecule has 1 aliphatic heterocycles. The second-order valence-electron chi connectivity index (χ2n) is 7.15. The Kier molecular flexibility index (Phi) is 6.45. The lowest BCUT2D eigenvalue weighted by atomic mass is 10.0. The molecule has 26 heavy (non-hydrogen) atoms. The summed E-state index contributed by atoms with van der Waals surface area (Å²) in [6.07, 6.45) is 8.80. The van der Waals surface area contributed by atoms with Crippen LogP contribution >= 0.6 is 0 Å². The molecule has 0 atom stereocenters. The lowest BCUT2D eigenvalue weighted by molar-refractivity contribution is -0.116. The third kappa shape index (κ3) is 4.94. The molecule has 0 unspecified atom stereocenters. The molecule has 0 aromatic heterocycles. The smallest absolute Gasteiger partial charge is 0.253 e. The molecule has 1 saturated heterocycles. The Morgan fingerprint density at radius 3 is 2.31 bits per heavy atom.